The van der Waals surface area contributed by atoms with E-state index in [1.807, 2.05) is 27.7 Å². The molecule has 0 heterocycles. The number of amides is 1. The monoisotopic (exact) mass is 244 g/mol. The van der Waals surface area contributed by atoms with Crippen LogP contribution in [-0.4, -0.2) is 42.5 Å². The summed E-state index contributed by atoms with van der Waals surface area (Å²) in [5.74, 6) is -0.524. The Morgan fingerprint density at radius 1 is 1.29 bits per heavy atom. The standard InChI is InChI=1S/C12H24N2O3/c1-6-9(4)11(13)12(16)14(8(2)3)7-10(15)17-5/h8-9,11H,6-7,13H2,1-5H3/t9?,11-/m0/s1. The summed E-state index contributed by atoms with van der Waals surface area (Å²) in [6.45, 7) is 7.57. The van der Waals surface area contributed by atoms with Gasteiger partial charge in [-0.25, -0.2) is 0 Å². The van der Waals surface area contributed by atoms with Gasteiger partial charge in [-0.05, 0) is 19.8 Å². The van der Waals surface area contributed by atoms with E-state index in [-0.39, 0.29) is 24.4 Å². The van der Waals surface area contributed by atoms with E-state index in [1.165, 1.54) is 12.0 Å². The number of hydrogen-bond donors (Lipinski definition) is 1. The Hall–Kier alpha value is -1.10. The minimum Gasteiger partial charge on any atom is -0.468 e. The van der Waals surface area contributed by atoms with Crippen molar-refractivity contribution in [1.29, 1.82) is 0 Å². The van der Waals surface area contributed by atoms with Crippen LogP contribution in [0.15, 0.2) is 0 Å². The largest absolute Gasteiger partial charge is 0.468 e. The third kappa shape index (κ3) is 4.73. The molecule has 100 valence electrons. The van der Waals surface area contributed by atoms with E-state index in [0.29, 0.717) is 0 Å². The van der Waals surface area contributed by atoms with Crippen molar-refractivity contribution in [3.8, 4) is 0 Å². The van der Waals surface area contributed by atoms with Gasteiger partial charge in [0.1, 0.15) is 6.54 Å². The van der Waals surface area contributed by atoms with Crippen LogP contribution in [0.2, 0.25) is 0 Å². The number of hydrogen-bond acceptors (Lipinski definition) is 4. The second-order valence-electron chi connectivity index (χ2n) is 4.55. The summed E-state index contributed by atoms with van der Waals surface area (Å²) in [4.78, 5) is 24.8. The van der Waals surface area contributed by atoms with Crippen molar-refractivity contribution in [2.24, 2.45) is 11.7 Å². The van der Waals surface area contributed by atoms with Crippen molar-refractivity contribution in [1.82, 2.24) is 4.90 Å². The third-order valence-electron chi connectivity index (χ3n) is 2.98. The number of esters is 1. The molecule has 0 aliphatic carbocycles. The molecule has 0 spiro atoms. The molecule has 0 aromatic carbocycles. The van der Waals surface area contributed by atoms with Crippen molar-refractivity contribution >= 4 is 11.9 Å². The van der Waals surface area contributed by atoms with Crippen LogP contribution in [0, 0.1) is 5.92 Å². The van der Waals surface area contributed by atoms with Crippen molar-refractivity contribution in [3.05, 3.63) is 0 Å². The van der Waals surface area contributed by atoms with Gasteiger partial charge in [-0.3, -0.25) is 9.59 Å². The highest BCUT2D eigenvalue weighted by atomic mass is 16.5. The molecule has 0 saturated heterocycles. The molecule has 2 atom stereocenters. The predicted molar refractivity (Wildman–Crippen MR) is 66.3 cm³/mol. The Labute approximate surface area is 103 Å². The molecule has 0 bridgehead atoms. The van der Waals surface area contributed by atoms with Crippen molar-refractivity contribution in [2.45, 2.75) is 46.2 Å². The Morgan fingerprint density at radius 3 is 2.18 bits per heavy atom. The Kier molecular flexibility index (Phi) is 6.80. The van der Waals surface area contributed by atoms with E-state index in [0.717, 1.165) is 6.42 Å². The molecule has 0 fully saturated rings. The van der Waals surface area contributed by atoms with Gasteiger partial charge < -0.3 is 15.4 Å². The van der Waals surface area contributed by atoms with Crippen LogP contribution < -0.4 is 5.73 Å². The van der Waals surface area contributed by atoms with E-state index in [2.05, 4.69) is 4.74 Å². The Bertz CT molecular complexity index is 266. The number of methoxy groups -OCH3 is 1. The number of carbonyl (C=O) groups is 2. The van der Waals surface area contributed by atoms with Crippen LogP contribution in [0.5, 0.6) is 0 Å². The first kappa shape index (κ1) is 15.9. The van der Waals surface area contributed by atoms with Gasteiger partial charge in [0.05, 0.1) is 13.2 Å². The summed E-state index contributed by atoms with van der Waals surface area (Å²) >= 11 is 0. The summed E-state index contributed by atoms with van der Waals surface area (Å²) in [5.41, 5.74) is 5.88. The third-order valence-corrected chi connectivity index (χ3v) is 2.98. The minimum atomic E-state index is -0.563. The van der Waals surface area contributed by atoms with Crippen molar-refractivity contribution < 1.29 is 14.3 Å². The summed E-state index contributed by atoms with van der Waals surface area (Å²) in [6.07, 6.45) is 0.830. The maximum absolute atomic E-state index is 12.1. The SMILES string of the molecule is CCC(C)[C@H](N)C(=O)N(CC(=O)OC)C(C)C. The van der Waals surface area contributed by atoms with Crippen LogP contribution in [0.1, 0.15) is 34.1 Å². The van der Waals surface area contributed by atoms with Crippen molar-refractivity contribution in [3.63, 3.8) is 0 Å². The smallest absolute Gasteiger partial charge is 0.325 e. The molecule has 1 unspecified atom stereocenters. The Balaban J connectivity index is 4.71. The maximum Gasteiger partial charge on any atom is 0.325 e. The maximum atomic E-state index is 12.1. The fourth-order valence-electron chi connectivity index (χ4n) is 1.41. The van der Waals surface area contributed by atoms with E-state index in [4.69, 9.17) is 5.73 Å². The van der Waals surface area contributed by atoms with Gasteiger partial charge in [0, 0.05) is 6.04 Å². The lowest BCUT2D eigenvalue weighted by atomic mass is 9.98. The fraction of sp³-hybridized carbons (Fsp3) is 0.833. The molecule has 0 aliphatic heterocycles. The predicted octanol–water partition coefficient (Wildman–Crippen LogP) is 0.770. The lowest BCUT2D eigenvalue weighted by Crippen LogP contribution is -2.51. The van der Waals surface area contributed by atoms with Gasteiger partial charge in [-0.1, -0.05) is 20.3 Å². The van der Waals surface area contributed by atoms with Crippen molar-refractivity contribution in [2.75, 3.05) is 13.7 Å². The Morgan fingerprint density at radius 2 is 1.82 bits per heavy atom. The fourth-order valence-corrected chi connectivity index (χ4v) is 1.41. The van der Waals surface area contributed by atoms with Gasteiger partial charge in [-0.2, -0.15) is 0 Å². The zero-order chi connectivity index (χ0) is 13.6. The van der Waals surface area contributed by atoms with Crippen LogP contribution in [0.25, 0.3) is 0 Å². The number of ether oxygens (including phenoxy) is 1. The molecule has 0 aromatic heterocycles. The lowest BCUT2D eigenvalue weighted by Gasteiger charge is -2.30. The van der Waals surface area contributed by atoms with Crippen LogP contribution in [0.4, 0.5) is 0 Å². The summed E-state index contributed by atoms with van der Waals surface area (Å²) in [5, 5.41) is 0. The zero-order valence-electron chi connectivity index (χ0n) is 11.4. The summed E-state index contributed by atoms with van der Waals surface area (Å²) in [7, 11) is 1.31. The topological polar surface area (TPSA) is 72.6 Å². The molecule has 1 amide bonds. The van der Waals surface area contributed by atoms with Crippen LogP contribution >= 0.6 is 0 Å². The molecule has 17 heavy (non-hydrogen) atoms. The van der Waals surface area contributed by atoms with E-state index >= 15 is 0 Å². The summed E-state index contributed by atoms with van der Waals surface area (Å²) in [6, 6.07) is -0.635. The van der Waals surface area contributed by atoms with Gasteiger partial charge in [0.25, 0.3) is 0 Å². The molecule has 0 saturated carbocycles. The molecule has 0 aliphatic rings. The number of nitrogens with zero attached hydrogens (tertiary/aromatic N) is 1. The molecule has 5 nitrogen and oxygen atoms in total. The van der Waals surface area contributed by atoms with Gasteiger partial charge in [-0.15, -0.1) is 0 Å². The molecular formula is C12H24N2O3. The van der Waals surface area contributed by atoms with E-state index < -0.39 is 12.0 Å². The van der Waals surface area contributed by atoms with Gasteiger partial charge >= 0.3 is 5.97 Å². The molecule has 5 heteroatoms. The highest BCUT2D eigenvalue weighted by Gasteiger charge is 2.28. The van der Waals surface area contributed by atoms with Gasteiger partial charge in [0.2, 0.25) is 5.91 Å². The second kappa shape index (κ2) is 7.27. The van der Waals surface area contributed by atoms with Gasteiger partial charge in [0.15, 0.2) is 0 Å². The molecule has 2 N–H and O–H groups in total. The first-order valence-electron chi connectivity index (χ1n) is 5.97. The molecule has 0 aromatic rings. The average molecular weight is 244 g/mol. The highest BCUT2D eigenvalue weighted by molar-refractivity contribution is 5.86. The summed E-state index contributed by atoms with van der Waals surface area (Å²) < 4.78 is 4.57. The lowest BCUT2D eigenvalue weighted by molar-refractivity contribution is -0.149. The minimum absolute atomic E-state index is 0.0445. The number of rotatable bonds is 6. The zero-order valence-corrected chi connectivity index (χ0v) is 11.4. The molecule has 0 radical (unpaired) electrons. The quantitative estimate of drug-likeness (QED) is 0.700. The molecule has 0 rings (SSSR count). The van der Waals surface area contributed by atoms with E-state index in [9.17, 15) is 9.59 Å². The average Bonchev–Trinajstić information content (AvgIpc) is 2.32. The highest BCUT2D eigenvalue weighted by Crippen LogP contribution is 2.10. The normalized spacial score (nSPS) is 14.3. The number of carbonyl (C=O) groups excluding carboxylic acids is 2. The number of nitrogens with two attached hydrogens (primary N) is 1. The van der Waals surface area contributed by atoms with E-state index in [1.54, 1.807) is 0 Å². The van der Waals surface area contributed by atoms with Crippen LogP contribution in [0.3, 0.4) is 0 Å². The first-order chi connectivity index (χ1) is 7.84. The molecular weight excluding hydrogens is 220 g/mol. The second-order valence-corrected chi connectivity index (χ2v) is 4.55. The van der Waals surface area contributed by atoms with Crippen LogP contribution in [-0.2, 0) is 14.3 Å². The first-order valence-corrected chi connectivity index (χ1v) is 5.97.